The molecule has 0 heterocycles. The van der Waals surface area contributed by atoms with Crippen LogP contribution in [0.5, 0.6) is 0 Å². The SMILES string of the molecule is Cc1ccccc1NC(=S)N(Cc1ccc(Cl)cc1)Cc1ccc(C(=O)[O-])cc1. The highest BCUT2D eigenvalue weighted by atomic mass is 35.5. The average Bonchev–Trinajstić information content (AvgIpc) is 2.71. The number of nitrogens with zero attached hydrogens (tertiary/aromatic N) is 1. The number of aryl methyl sites for hydroxylation is 1. The minimum absolute atomic E-state index is 0.151. The van der Waals surface area contributed by atoms with Gasteiger partial charge in [-0.3, -0.25) is 0 Å². The smallest absolute Gasteiger partial charge is 0.174 e. The number of aromatic carboxylic acids is 1. The summed E-state index contributed by atoms with van der Waals surface area (Å²) in [6, 6.07) is 22.2. The molecule has 4 nitrogen and oxygen atoms in total. The molecule has 3 aromatic carbocycles. The summed E-state index contributed by atoms with van der Waals surface area (Å²) < 4.78 is 0. The molecule has 0 fully saturated rings. The van der Waals surface area contributed by atoms with E-state index in [2.05, 4.69) is 5.32 Å². The van der Waals surface area contributed by atoms with Crippen LogP contribution in [0.2, 0.25) is 5.02 Å². The number of carbonyl (C=O) groups is 1. The highest BCUT2D eigenvalue weighted by Gasteiger charge is 2.13. The number of hydrogen-bond donors (Lipinski definition) is 1. The zero-order chi connectivity index (χ0) is 20.8. The maximum absolute atomic E-state index is 11.0. The third-order valence-electron chi connectivity index (χ3n) is 4.52. The standard InChI is InChI=1S/C23H21ClN2O2S/c1-16-4-2-3-5-21(16)25-23(29)26(15-18-8-12-20(24)13-9-18)14-17-6-10-19(11-7-17)22(27)28/h2-13H,14-15H2,1H3,(H,25,29)(H,27,28)/p-1. The third kappa shape index (κ3) is 5.79. The summed E-state index contributed by atoms with van der Waals surface area (Å²) in [5, 5.41) is 15.6. The van der Waals surface area contributed by atoms with Crippen LogP contribution in [0.3, 0.4) is 0 Å². The van der Waals surface area contributed by atoms with E-state index in [9.17, 15) is 9.90 Å². The molecule has 0 aliphatic heterocycles. The Balaban J connectivity index is 1.82. The second-order valence-corrected chi connectivity index (χ2v) is 7.54. The fraction of sp³-hybridized carbons (Fsp3) is 0.130. The van der Waals surface area contributed by atoms with Crippen molar-refractivity contribution in [1.29, 1.82) is 0 Å². The highest BCUT2D eigenvalue weighted by Crippen LogP contribution is 2.18. The van der Waals surface area contributed by atoms with Gasteiger partial charge in [0.2, 0.25) is 0 Å². The second kappa shape index (κ2) is 9.54. The lowest BCUT2D eigenvalue weighted by atomic mass is 10.1. The maximum Gasteiger partial charge on any atom is 0.174 e. The quantitative estimate of drug-likeness (QED) is 0.595. The van der Waals surface area contributed by atoms with Crippen molar-refractivity contribution in [2.45, 2.75) is 20.0 Å². The van der Waals surface area contributed by atoms with Crippen LogP contribution in [0.25, 0.3) is 0 Å². The van der Waals surface area contributed by atoms with Crippen molar-refractivity contribution >= 4 is 40.6 Å². The molecule has 0 saturated carbocycles. The molecule has 3 aromatic rings. The first kappa shape index (κ1) is 20.8. The first-order chi connectivity index (χ1) is 13.9. The predicted octanol–water partition coefficient (Wildman–Crippen LogP) is 4.41. The van der Waals surface area contributed by atoms with Crippen molar-refractivity contribution in [2.75, 3.05) is 5.32 Å². The molecule has 0 amide bonds. The van der Waals surface area contributed by atoms with Crippen LogP contribution in [0.4, 0.5) is 5.69 Å². The van der Waals surface area contributed by atoms with Gasteiger partial charge in [0.05, 0.1) is 5.97 Å². The molecular formula is C23H20ClN2O2S-. The molecule has 1 N–H and O–H groups in total. The number of carboxylic acid groups (broad SMARTS) is 1. The minimum atomic E-state index is -1.19. The Morgan fingerprint density at radius 3 is 2.07 bits per heavy atom. The van der Waals surface area contributed by atoms with Gasteiger partial charge < -0.3 is 20.1 Å². The van der Waals surface area contributed by atoms with Gasteiger partial charge in [-0.1, -0.05) is 66.2 Å². The molecule has 29 heavy (non-hydrogen) atoms. The maximum atomic E-state index is 11.0. The summed E-state index contributed by atoms with van der Waals surface area (Å²) in [6.45, 7) is 3.12. The van der Waals surface area contributed by atoms with Gasteiger partial charge in [-0.05, 0) is 59.6 Å². The molecule has 3 rings (SSSR count). The van der Waals surface area contributed by atoms with E-state index >= 15 is 0 Å². The largest absolute Gasteiger partial charge is 0.545 e. The van der Waals surface area contributed by atoms with Crippen LogP contribution in [0.15, 0.2) is 72.8 Å². The van der Waals surface area contributed by atoms with Crippen molar-refractivity contribution in [1.82, 2.24) is 4.90 Å². The molecule has 0 aliphatic carbocycles. The normalized spacial score (nSPS) is 10.4. The van der Waals surface area contributed by atoms with Crippen LogP contribution in [0.1, 0.15) is 27.0 Å². The summed E-state index contributed by atoms with van der Waals surface area (Å²) in [4.78, 5) is 13.0. The number of carboxylic acids is 1. The number of hydrogen-bond acceptors (Lipinski definition) is 3. The zero-order valence-corrected chi connectivity index (χ0v) is 17.5. The van der Waals surface area contributed by atoms with Gasteiger partial charge in [0.15, 0.2) is 5.11 Å². The molecule has 0 atom stereocenters. The van der Waals surface area contributed by atoms with Crippen molar-refractivity contribution < 1.29 is 9.90 Å². The molecule has 0 radical (unpaired) electrons. The number of para-hydroxylation sites is 1. The van der Waals surface area contributed by atoms with E-state index in [1.807, 2.05) is 60.4 Å². The monoisotopic (exact) mass is 423 g/mol. The van der Waals surface area contributed by atoms with E-state index in [-0.39, 0.29) is 5.56 Å². The number of nitrogens with one attached hydrogen (secondary N) is 1. The van der Waals surface area contributed by atoms with Gasteiger partial charge in [0.1, 0.15) is 0 Å². The van der Waals surface area contributed by atoms with E-state index in [1.54, 1.807) is 24.3 Å². The number of halogens is 1. The van der Waals surface area contributed by atoms with Crippen LogP contribution in [0, 0.1) is 6.92 Å². The molecule has 148 valence electrons. The molecule has 0 bridgehead atoms. The zero-order valence-electron chi connectivity index (χ0n) is 15.9. The number of rotatable bonds is 6. The Morgan fingerprint density at radius 2 is 1.52 bits per heavy atom. The summed E-state index contributed by atoms with van der Waals surface area (Å²) in [6.07, 6.45) is 0. The lowest BCUT2D eigenvalue weighted by Gasteiger charge is -2.27. The summed E-state index contributed by atoms with van der Waals surface area (Å²) >= 11 is 11.7. The van der Waals surface area contributed by atoms with E-state index in [0.717, 1.165) is 22.4 Å². The summed E-state index contributed by atoms with van der Waals surface area (Å²) in [5.41, 5.74) is 4.21. The average molecular weight is 424 g/mol. The van der Waals surface area contributed by atoms with E-state index in [4.69, 9.17) is 23.8 Å². The van der Waals surface area contributed by atoms with Gasteiger partial charge in [-0.25, -0.2) is 0 Å². The molecule has 6 heteroatoms. The Hall–Kier alpha value is -2.89. The topological polar surface area (TPSA) is 55.4 Å². The van der Waals surface area contributed by atoms with Gasteiger partial charge >= 0.3 is 0 Å². The van der Waals surface area contributed by atoms with Crippen molar-refractivity contribution in [3.63, 3.8) is 0 Å². The molecule has 0 saturated heterocycles. The van der Waals surface area contributed by atoms with Gasteiger partial charge in [0, 0.05) is 23.8 Å². The van der Waals surface area contributed by atoms with Crippen molar-refractivity contribution in [3.05, 3.63) is 100 Å². The number of thiocarbonyl (C=S) groups is 1. The molecule has 0 spiro atoms. The van der Waals surface area contributed by atoms with Gasteiger partial charge in [0.25, 0.3) is 0 Å². The van der Waals surface area contributed by atoms with Crippen LogP contribution >= 0.6 is 23.8 Å². The lowest BCUT2D eigenvalue weighted by molar-refractivity contribution is -0.255. The first-order valence-electron chi connectivity index (χ1n) is 9.08. The molecule has 0 unspecified atom stereocenters. The number of anilines is 1. The third-order valence-corrected chi connectivity index (χ3v) is 5.14. The van der Waals surface area contributed by atoms with E-state index in [0.29, 0.717) is 23.2 Å². The Bertz CT molecular complexity index is 1000. The Kier molecular flexibility index (Phi) is 6.86. The minimum Gasteiger partial charge on any atom is -0.545 e. The van der Waals surface area contributed by atoms with Crippen molar-refractivity contribution in [3.8, 4) is 0 Å². The lowest BCUT2D eigenvalue weighted by Crippen LogP contribution is -2.34. The fourth-order valence-electron chi connectivity index (χ4n) is 2.88. The fourth-order valence-corrected chi connectivity index (χ4v) is 3.25. The van der Waals surface area contributed by atoms with Gasteiger partial charge in [-0.15, -0.1) is 0 Å². The van der Waals surface area contributed by atoms with Crippen LogP contribution in [-0.2, 0) is 13.1 Å². The molecule has 0 aliphatic rings. The second-order valence-electron chi connectivity index (χ2n) is 6.71. The number of carbonyl (C=O) groups excluding carboxylic acids is 1. The predicted molar refractivity (Wildman–Crippen MR) is 119 cm³/mol. The van der Waals surface area contributed by atoms with Crippen molar-refractivity contribution in [2.24, 2.45) is 0 Å². The van der Waals surface area contributed by atoms with Crippen LogP contribution in [-0.4, -0.2) is 16.0 Å². The molecule has 0 aromatic heterocycles. The summed E-state index contributed by atoms with van der Waals surface area (Å²) in [7, 11) is 0. The number of benzene rings is 3. The van der Waals surface area contributed by atoms with E-state index in [1.165, 1.54) is 0 Å². The highest BCUT2D eigenvalue weighted by molar-refractivity contribution is 7.80. The molecular weight excluding hydrogens is 404 g/mol. The Morgan fingerprint density at radius 1 is 0.966 bits per heavy atom. The van der Waals surface area contributed by atoms with E-state index < -0.39 is 5.97 Å². The summed E-state index contributed by atoms with van der Waals surface area (Å²) in [5.74, 6) is -1.19. The van der Waals surface area contributed by atoms with Gasteiger partial charge in [-0.2, -0.15) is 0 Å². The Labute approximate surface area is 180 Å². The van der Waals surface area contributed by atoms with Crippen LogP contribution < -0.4 is 10.4 Å². The first-order valence-corrected chi connectivity index (χ1v) is 9.87.